The molecule has 1 saturated heterocycles. The number of nitrogens with zero attached hydrogens (tertiary/aromatic N) is 2. The van der Waals surface area contributed by atoms with Crippen LogP contribution in [0.5, 0.6) is 0 Å². The van der Waals surface area contributed by atoms with Gasteiger partial charge >= 0.3 is 0 Å². The number of rotatable bonds is 7. The average Bonchev–Trinajstić information content (AvgIpc) is 3.08. The smallest absolute Gasteiger partial charge is 0.264 e. The van der Waals surface area contributed by atoms with Gasteiger partial charge in [-0.2, -0.15) is 0 Å². The molecule has 0 radical (unpaired) electrons. The van der Waals surface area contributed by atoms with E-state index in [-0.39, 0.29) is 30.3 Å². The molecule has 8 heteroatoms. The predicted octanol–water partition coefficient (Wildman–Crippen LogP) is 2.86. The number of nitrogens with one attached hydrogen (secondary N) is 1. The van der Waals surface area contributed by atoms with E-state index >= 15 is 0 Å². The molecule has 0 saturated carbocycles. The van der Waals surface area contributed by atoms with Gasteiger partial charge in [-0.15, -0.1) is 11.3 Å². The van der Waals surface area contributed by atoms with Gasteiger partial charge in [0.25, 0.3) is 5.91 Å². The minimum atomic E-state index is -0.331. The summed E-state index contributed by atoms with van der Waals surface area (Å²) in [7, 11) is 1.54. The minimum Gasteiger partial charge on any atom is -0.380 e. The lowest BCUT2D eigenvalue weighted by Crippen LogP contribution is -2.51. The molecular weight excluding hydrogens is 393 g/mol. The number of benzene rings is 1. The van der Waals surface area contributed by atoms with Gasteiger partial charge in [0.15, 0.2) is 0 Å². The maximum absolute atomic E-state index is 14.4. The summed E-state index contributed by atoms with van der Waals surface area (Å²) in [6, 6.07) is 5.05. The van der Waals surface area contributed by atoms with Gasteiger partial charge in [0.05, 0.1) is 18.0 Å². The second kappa shape index (κ2) is 9.65. The molecule has 1 aliphatic heterocycles. The zero-order valence-corrected chi connectivity index (χ0v) is 18.0. The molecule has 2 amide bonds. The molecule has 2 aromatic rings. The molecule has 29 heavy (non-hydrogen) atoms. The first-order valence-electron chi connectivity index (χ1n) is 9.94. The molecule has 1 aliphatic rings. The molecule has 1 fully saturated rings. The first kappa shape index (κ1) is 21.7. The van der Waals surface area contributed by atoms with Crippen LogP contribution in [-0.2, 0) is 16.1 Å². The lowest BCUT2D eigenvalue weighted by atomic mass is 10.1. The van der Waals surface area contributed by atoms with Crippen LogP contribution in [0.2, 0.25) is 0 Å². The van der Waals surface area contributed by atoms with Crippen molar-refractivity contribution in [3.05, 3.63) is 34.5 Å². The number of hydrogen-bond donors (Lipinski definition) is 1. The number of carbonyl (C=O) groups excluding carboxylic acids is 2. The largest absolute Gasteiger partial charge is 0.380 e. The Bertz CT molecular complexity index is 877. The van der Waals surface area contributed by atoms with Crippen molar-refractivity contribution in [1.82, 2.24) is 15.1 Å². The molecule has 1 unspecified atom stereocenters. The van der Waals surface area contributed by atoms with E-state index in [1.165, 1.54) is 17.4 Å². The van der Waals surface area contributed by atoms with E-state index in [2.05, 4.69) is 10.2 Å². The van der Waals surface area contributed by atoms with Crippen LogP contribution in [0.25, 0.3) is 10.1 Å². The Morgan fingerprint density at radius 3 is 2.66 bits per heavy atom. The number of piperazine rings is 1. The normalized spacial score (nSPS) is 16.2. The maximum Gasteiger partial charge on any atom is 0.264 e. The van der Waals surface area contributed by atoms with Crippen LogP contribution in [0.4, 0.5) is 4.39 Å². The van der Waals surface area contributed by atoms with Crippen LogP contribution in [0.15, 0.2) is 18.2 Å². The van der Waals surface area contributed by atoms with E-state index in [0.717, 1.165) is 11.1 Å². The van der Waals surface area contributed by atoms with Gasteiger partial charge in [0.1, 0.15) is 5.82 Å². The predicted molar refractivity (Wildman–Crippen MR) is 113 cm³/mol. The Balaban J connectivity index is 1.67. The molecule has 1 N–H and O–H groups in total. The van der Waals surface area contributed by atoms with Crippen molar-refractivity contribution in [2.45, 2.75) is 32.9 Å². The number of amides is 2. The number of hydrogen-bond acceptors (Lipinski definition) is 5. The van der Waals surface area contributed by atoms with Crippen molar-refractivity contribution in [3.8, 4) is 0 Å². The molecule has 1 aromatic heterocycles. The molecule has 6 nitrogen and oxygen atoms in total. The van der Waals surface area contributed by atoms with Crippen molar-refractivity contribution in [2.75, 3.05) is 39.8 Å². The van der Waals surface area contributed by atoms with Crippen LogP contribution in [0.1, 0.15) is 35.5 Å². The zero-order chi connectivity index (χ0) is 21.0. The highest BCUT2D eigenvalue weighted by Gasteiger charge is 2.28. The van der Waals surface area contributed by atoms with Gasteiger partial charge in [-0.1, -0.05) is 13.0 Å². The van der Waals surface area contributed by atoms with Gasteiger partial charge in [-0.3, -0.25) is 14.5 Å². The first-order valence-corrected chi connectivity index (χ1v) is 10.8. The van der Waals surface area contributed by atoms with Gasteiger partial charge in [0, 0.05) is 55.0 Å². The SMILES string of the molecule is CCC(C)NC(=O)CN1CCN(C(=O)c2sc3cccc(F)c3c2COC)CC1. The summed E-state index contributed by atoms with van der Waals surface area (Å²) >= 11 is 1.31. The maximum atomic E-state index is 14.4. The quantitative estimate of drug-likeness (QED) is 0.747. The van der Waals surface area contributed by atoms with Crippen molar-refractivity contribution in [3.63, 3.8) is 0 Å². The van der Waals surface area contributed by atoms with Crippen LogP contribution in [0, 0.1) is 5.82 Å². The Labute approximate surface area is 174 Å². The Kier molecular flexibility index (Phi) is 7.21. The van der Waals surface area contributed by atoms with Crippen LogP contribution >= 0.6 is 11.3 Å². The standard InChI is InChI=1S/C21H28FN3O3S/c1-4-14(2)23-18(26)12-24-8-10-25(11-9-24)21(27)20-15(13-28-3)19-16(22)6-5-7-17(19)29-20/h5-7,14H,4,8-13H2,1-3H3,(H,23,26). The summed E-state index contributed by atoms with van der Waals surface area (Å²) in [5, 5.41) is 3.44. The summed E-state index contributed by atoms with van der Waals surface area (Å²) < 4.78 is 20.4. The summed E-state index contributed by atoms with van der Waals surface area (Å²) in [6.45, 7) is 6.91. The van der Waals surface area contributed by atoms with Crippen LogP contribution in [-0.4, -0.2) is 67.5 Å². The Morgan fingerprint density at radius 1 is 1.28 bits per heavy atom. The molecule has 1 aromatic carbocycles. The molecular formula is C21H28FN3O3S. The third kappa shape index (κ3) is 4.94. The highest BCUT2D eigenvalue weighted by atomic mass is 32.1. The highest BCUT2D eigenvalue weighted by Crippen LogP contribution is 2.34. The van der Waals surface area contributed by atoms with E-state index in [4.69, 9.17) is 4.74 Å². The third-order valence-corrected chi connectivity index (χ3v) is 6.48. The second-order valence-corrected chi connectivity index (χ2v) is 8.45. The lowest BCUT2D eigenvalue weighted by molar-refractivity contribution is -0.123. The molecule has 0 aliphatic carbocycles. The van der Waals surface area contributed by atoms with E-state index < -0.39 is 0 Å². The Morgan fingerprint density at radius 2 is 2.00 bits per heavy atom. The fourth-order valence-corrected chi connectivity index (χ4v) is 4.69. The number of carbonyl (C=O) groups is 2. The van der Waals surface area contributed by atoms with Gasteiger partial charge in [0.2, 0.25) is 5.91 Å². The van der Waals surface area contributed by atoms with Gasteiger partial charge in [-0.25, -0.2) is 4.39 Å². The number of fused-ring (bicyclic) bond motifs is 1. The summed E-state index contributed by atoms with van der Waals surface area (Å²) in [5.41, 5.74) is 0.617. The number of methoxy groups -OCH3 is 1. The van der Waals surface area contributed by atoms with E-state index in [1.807, 2.05) is 19.9 Å². The van der Waals surface area contributed by atoms with E-state index in [1.54, 1.807) is 18.1 Å². The van der Waals surface area contributed by atoms with Crippen molar-refractivity contribution >= 4 is 33.2 Å². The lowest BCUT2D eigenvalue weighted by Gasteiger charge is -2.34. The van der Waals surface area contributed by atoms with E-state index in [0.29, 0.717) is 48.6 Å². The Hall–Kier alpha value is -2.03. The monoisotopic (exact) mass is 421 g/mol. The van der Waals surface area contributed by atoms with Crippen molar-refractivity contribution in [2.24, 2.45) is 0 Å². The van der Waals surface area contributed by atoms with Crippen molar-refractivity contribution < 1.29 is 18.7 Å². The van der Waals surface area contributed by atoms with Crippen LogP contribution in [0.3, 0.4) is 0 Å². The first-order chi connectivity index (χ1) is 13.9. The van der Waals surface area contributed by atoms with E-state index in [9.17, 15) is 14.0 Å². The summed E-state index contributed by atoms with van der Waals surface area (Å²) in [5.74, 6) is -0.412. The summed E-state index contributed by atoms with van der Waals surface area (Å²) in [4.78, 5) is 29.6. The molecule has 158 valence electrons. The fourth-order valence-electron chi connectivity index (χ4n) is 3.50. The number of ether oxygens (including phenoxy) is 1. The number of thiophene rings is 1. The summed E-state index contributed by atoms with van der Waals surface area (Å²) in [6.07, 6.45) is 0.896. The van der Waals surface area contributed by atoms with Gasteiger partial charge < -0.3 is 15.0 Å². The van der Waals surface area contributed by atoms with Crippen LogP contribution < -0.4 is 5.32 Å². The minimum absolute atomic E-state index is 0.0153. The second-order valence-electron chi connectivity index (χ2n) is 7.40. The molecule has 3 rings (SSSR count). The third-order valence-electron chi connectivity index (χ3n) is 5.29. The fraction of sp³-hybridized carbons (Fsp3) is 0.524. The molecule has 0 spiro atoms. The average molecular weight is 422 g/mol. The zero-order valence-electron chi connectivity index (χ0n) is 17.2. The topological polar surface area (TPSA) is 61.9 Å². The molecule has 1 atom stereocenters. The molecule has 2 heterocycles. The van der Waals surface area contributed by atoms with Gasteiger partial charge in [-0.05, 0) is 25.5 Å². The van der Waals surface area contributed by atoms with Crippen molar-refractivity contribution in [1.29, 1.82) is 0 Å². The highest BCUT2D eigenvalue weighted by molar-refractivity contribution is 7.21. The number of halogens is 1. The molecule has 0 bridgehead atoms.